The minimum Gasteiger partial charge on any atom is -0.369 e. The molecule has 2 aromatic rings. The van der Waals surface area contributed by atoms with Crippen LogP contribution in [0.5, 0.6) is 0 Å². The zero-order valence-corrected chi connectivity index (χ0v) is 27.7. The lowest BCUT2D eigenvalue weighted by atomic mass is 10.3. The molecular weight excluding hydrogens is 532 g/mol. The van der Waals surface area contributed by atoms with Gasteiger partial charge in [-0.15, -0.1) is 26.0 Å². The van der Waals surface area contributed by atoms with Crippen LogP contribution in [0.25, 0.3) is 0 Å². The second-order valence-electron chi connectivity index (χ2n) is 6.78. The van der Waals surface area contributed by atoms with Gasteiger partial charge in [0.1, 0.15) is 15.9 Å². The van der Waals surface area contributed by atoms with Crippen LogP contribution < -0.4 is 5.73 Å². The highest BCUT2D eigenvalue weighted by Crippen LogP contribution is 2.10. The summed E-state index contributed by atoms with van der Waals surface area (Å²) in [5, 5.41) is 3.83. The molecule has 0 aliphatic heterocycles. The average molecular weight is 585 g/mol. The number of nitrogens with two attached hydrogens (primary N) is 1. The van der Waals surface area contributed by atoms with E-state index in [4.69, 9.17) is 17.3 Å². The number of likely N-dealkylation sites (N-methyl/N-ethyl adjacent to an activating group) is 1. The molecule has 0 aliphatic carbocycles. The quantitative estimate of drug-likeness (QED) is 0.275. The molecule has 9 heteroatoms. The van der Waals surface area contributed by atoms with Gasteiger partial charge >= 0.3 is 0 Å². The SMILES string of the molecule is C#C.C=CC.C=CCC.CC.CC.CC(C)C.CCN(CC(N)=O)S(=O)c1c#cc(Cl)cc1.Cc1ncon1. The summed E-state index contributed by atoms with van der Waals surface area (Å²) in [7, 11) is -1.46. The maximum Gasteiger partial charge on any atom is 0.232 e. The first-order valence-corrected chi connectivity index (χ1v) is 14.3. The van der Waals surface area contributed by atoms with Gasteiger partial charge in [0.25, 0.3) is 0 Å². The maximum atomic E-state index is 12.0. The fourth-order valence-electron chi connectivity index (χ4n) is 1.28. The van der Waals surface area contributed by atoms with Crippen molar-refractivity contribution in [3.8, 4) is 12.8 Å². The van der Waals surface area contributed by atoms with Gasteiger partial charge in [0, 0.05) is 6.54 Å². The van der Waals surface area contributed by atoms with Gasteiger partial charge in [-0.3, -0.25) is 4.79 Å². The number of rotatable bonds is 6. The van der Waals surface area contributed by atoms with Crippen LogP contribution in [0, 0.1) is 37.8 Å². The molecular formula is C30H53ClN4O3S. The highest BCUT2D eigenvalue weighted by atomic mass is 35.5. The van der Waals surface area contributed by atoms with Crippen molar-refractivity contribution in [2.24, 2.45) is 11.7 Å². The summed E-state index contributed by atoms with van der Waals surface area (Å²) in [6.45, 7) is 29.2. The Morgan fingerprint density at radius 3 is 1.82 bits per heavy atom. The van der Waals surface area contributed by atoms with E-state index < -0.39 is 16.9 Å². The number of aryl methyl sites for hydroxylation is 1. The van der Waals surface area contributed by atoms with E-state index in [1.807, 2.05) is 40.7 Å². The van der Waals surface area contributed by atoms with Crippen LogP contribution in [0.15, 0.2) is 53.3 Å². The number of allylic oxidation sites excluding steroid dienone is 2. The van der Waals surface area contributed by atoms with Gasteiger partial charge in [0.05, 0.1) is 11.6 Å². The van der Waals surface area contributed by atoms with Gasteiger partial charge in [0.2, 0.25) is 12.3 Å². The van der Waals surface area contributed by atoms with Crippen LogP contribution in [0.3, 0.4) is 0 Å². The van der Waals surface area contributed by atoms with Crippen molar-refractivity contribution >= 4 is 28.5 Å². The van der Waals surface area contributed by atoms with Crippen LogP contribution in [-0.2, 0) is 15.8 Å². The molecule has 1 unspecified atom stereocenters. The molecule has 1 amide bonds. The second-order valence-corrected chi connectivity index (χ2v) is 8.64. The summed E-state index contributed by atoms with van der Waals surface area (Å²) in [6.07, 6.45) is 14.0. The largest absolute Gasteiger partial charge is 0.369 e. The summed E-state index contributed by atoms with van der Waals surface area (Å²) in [5.41, 5.74) is 5.05. The third-order valence-electron chi connectivity index (χ3n) is 2.55. The Bertz CT molecular complexity index is 792. The Balaban J connectivity index is -0.0000000978. The molecule has 0 saturated carbocycles. The number of aromatic nitrogens is 2. The maximum absolute atomic E-state index is 12.0. The van der Waals surface area contributed by atoms with E-state index in [2.05, 4.69) is 80.5 Å². The second kappa shape index (κ2) is 42.2. The smallest absolute Gasteiger partial charge is 0.232 e. The molecule has 0 saturated heterocycles. The van der Waals surface area contributed by atoms with Crippen LogP contribution in [0.2, 0.25) is 5.02 Å². The number of carbonyl (C=O) groups excluding carboxylic acids is 1. The van der Waals surface area contributed by atoms with Crippen molar-refractivity contribution in [3.63, 3.8) is 0 Å². The molecule has 1 aromatic carbocycles. The summed E-state index contributed by atoms with van der Waals surface area (Å²) >= 11 is 5.64. The monoisotopic (exact) mass is 584 g/mol. The minimum atomic E-state index is -1.46. The molecule has 2 rings (SSSR count). The van der Waals surface area contributed by atoms with E-state index in [1.54, 1.807) is 32.1 Å². The average Bonchev–Trinajstić information content (AvgIpc) is 3.42. The number of hydrogen-bond donors (Lipinski definition) is 1. The summed E-state index contributed by atoms with van der Waals surface area (Å²) in [5.74, 6) is 0.989. The van der Waals surface area contributed by atoms with Gasteiger partial charge in [-0.2, -0.15) is 4.98 Å². The number of amides is 1. The number of primary amides is 1. The topological polar surface area (TPSA) is 102 Å². The molecule has 0 spiro atoms. The molecule has 1 atom stereocenters. The van der Waals surface area contributed by atoms with Gasteiger partial charge in [-0.25, -0.2) is 8.51 Å². The van der Waals surface area contributed by atoms with Crippen LogP contribution in [-0.4, -0.2) is 37.7 Å². The predicted octanol–water partition coefficient (Wildman–Crippen LogP) is 7.89. The fourth-order valence-corrected chi connectivity index (χ4v) is 2.47. The first-order valence-electron chi connectivity index (χ1n) is 12.8. The molecule has 39 heavy (non-hydrogen) atoms. The zero-order chi connectivity index (χ0) is 32.2. The number of halogens is 1. The molecule has 1 heterocycles. The third kappa shape index (κ3) is 45.4. The summed E-state index contributed by atoms with van der Waals surface area (Å²) < 4.78 is 17.8. The summed E-state index contributed by atoms with van der Waals surface area (Å²) in [6, 6.07) is 8.45. The van der Waals surface area contributed by atoms with Gasteiger partial charge in [-0.1, -0.05) is 91.2 Å². The number of nitrogens with zero attached hydrogens (tertiary/aromatic N) is 3. The Labute approximate surface area is 247 Å². The Morgan fingerprint density at radius 1 is 1.18 bits per heavy atom. The first kappa shape index (κ1) is 49.1. The van der Waals surface area contributed by atoms with Crippen molar-refractivity contribution in [3.05, 3.63) is 66.8 Å². The van der Waals surface area contributed by atoms with E-state index in [-0.39, 0.29) is 6.54 Å². The van der Waals surface area contributed by atoms with Crippen LogP contribution >= 0.6 is 11.6 Å². The first-order chi connectivity index (χ1) is 18.5. The lowest BCUT2D eigenvalue weighted by Crippen LogP contribution is -2.34. The van der Waals surface area contributed by atoms with E-state index in [9.17, 15) is 9.00 Å². The Hall–Kier alpha value is -2.91. The van der Waals surface area contributed by atoms with Gasteiger partial charge in [-0.05, 0) is 50.5 Å². The number of terminal acetylenes is 1. The highest BCUT2D eigenvalue weighted by molar-refractivity contribution is 7.82. The molecule has 224 valence electrons. The molecule has 0 bridgehead atoms. The minimum absolute atomic E-state index is 0.0560. The van der Waals surface area contributed by atoms with Gasteiger partial charge in [0.15, 0.2) is 5.82 Å². The standard InChI is InChI=1S/C10H11ClN2O2S.C4H10.C4H8.C3H4N2O.C3H6.2C2H6.C2H2/c1-2-13(7-10(12)14)16(15)9-5-3-8(11)4-6-9;1-4(2)3;1-3-4-2;1-3-4-2-6-5-3;1-3-2;3*1-2/h3,5H,2,7H2,1H3,(H2,12,14);4H,1-3H3;3H,1,4H2,2H3;2H,1H3;3H,1H2,2H3;2*1-2H3;1-2H. The van der Waals surface area contributed by atoms with E-state index in [1.165, 1.54) is 10.7 Å². The third-order valence-corrected chi connectivity index (χ3v) is 4.25. The summed E-state index contributed by atoms with van der Waals surface area (Å²) in [4.78, 5) is 14.8. The number of carbonyl (C=O) groups is 1. The van der Waals surface area contributed by atoms with E-state index >= 15 is 0 Å². The Kier molecular flexibility index (Phi) is 53.1. The van der Waals surface area contributed by atoms with Gasteiger partial charge < -0.3 is 10.3 Å². The molecule has 0 aliphatic rings. The lowest BCUT2D eigenvalue weighted by Gasteiger charge is -2.16. The van der Waals surface area contributed by atoms with Crippen molar-refractivity contribution in [2.45, 2.75) is 87.5 Å². The van der Waals surface area contributed by atoms with Crippen molar-refractivity contribution in [1.82, 2.24) is 14.4 Å². The van der Waals surface area contributed by atoms with Crippen molar-refractivity contribution in [1.29, 1.82) is 0 Å². The van der Waals surface area contributed by atoms with E-state index in [0.29, 0.717) is 22.3 Å². The molecule has 1 aromatic heterocycles. The van der Waals surface area contributed by atoms with Crippen LogP contribution in [0.4, 0.5) is 0 Å². The molecule has 2 N–H and O–H groups in total. The molecule has 0 fully saturated rings. The molecule has 7 nitrogen and oxygen atoms in total. The van der Waals surface area contributed by atoms with E-state index in [0.717, 1.165) is 12.3 Å². The van der Waals surface area contributed by atoms with Crippen molar-refractivity contribution in [2.75, 3.05) is 13.1 Å². The fraction of sp³-hybridized carbons (Fsp3) is 0.500. The lowest BCUT2D eigenvalue weighted by molar-refractivity contribution is -0.118. The normalized spacial score (nSPS) is 8.62. The predicted molar refractivity (Wildman–Crippen MR) is 170 cm³/mol. The number of hydrogen-bond acceptors (Lipinski definition) is 5. The highest BCUT2D eigenvalue weighted by Gasteiger charge is 2.15. The molecule has 0 radical (unpaired) electrons. The van der Waals surface area contributed by atoms with Crippen LogP contribution in [0.1, 0.15) is 81.5 Å². The zero-order valence-electron chi connectivity index (χ0n) is 26.1. The Morgan fingerprint density at radius 2 is 1.62 bits per heavy atom. The van der Waals surface area contributed by atoms with Crippen molar-refractivity contribution < 1.29 is 13.5 Å².